The van der Waals surface area contributed by atoms with E-state index in [2.05, 4.69) is 4.98 Å². The third kappa shape index (κ3) is 2.81. The van der Waals surface area contributed by atoms with E-state index >= 15 is 0 Å². The van der Waals surface area contributed by atoms with Crippen molar-refractivity contribution in [3.8, 4) is 0 Å². The van der Waals surface area contributed by atoms with Gasteiger partial charge in [-0.25, -0.2) is 4.79 Å². The van der Waals surface area contributed by atoms with E-state index in [4.69, 9.17) is 10.6 Å². The quantitative estimate of drug-likeness (QED) is 0.612. The maximum absolute atomic E-state index is 12.8. The molecule has 2 unspecified atom stereocenters. The molecule has 24 heavy (non-hydrogen) atoms. The van der Waals surface area contributed by atoms with Gasteiger partial charge in [-0.3, -0.25) is 9.78 Å². The van der Waals surface area contributed by atoms with Crippen LogP contribution in [-0.4, -0.2) is 40.1 Å². The lowest BCUT2D eigenvalue weighted by atomic mass is 9.77. The van der Waals surface area contributed by atoms with Gasteiger partial charge in [-0.05, 0) is 37.3 Å². The predicted molar refractivity (Wildman–Crippen MR) is 85.0 cm³/mol. The minimum absolute atomic E-state index is 0.210. The lowest BCUT2D eigenvalue weighted by Crippen LogP contribution is -2.48. The van der Waals surface area contributed by atoms with E-state index in [1.807, 2.05) is 0 Å². The van der Waals surface area contributed by atoms with Gasteiger partial charge in [0, 0.05) is 31.0 Å². The van der Waals surface area contributed by atoms with E-state index < -0.39 is 23.4 Å². The molecule has 1 aliphatic heterocycles. The Morgan fingerprint density at radius 2 is 2.12 bits per heavy atom. The summed E-state index contributed by atoms with van der Waals surface area (Å²) in [6, 6.07) is 3.37. The molecule has 0 aromatic carbocycles. The Bertz CT molecular complexity index is 655. The molecule has 2 heterocycles. The van der Waals surface area contributed by atoms with Gasteiger partial charge in [0.05, 0.1) is 0 Å². The fourth-order valence-electron chi connectivity index (χ4n) is 3.39. The molecule has 3 rings (SSSR count). The summed E-state index contributed by atoms with van der Waals surface area (Å²) in [5, 5.41) is 12.2. The van der Waals surface area contributed by atoms with Crippen LogP contribution in [0.15, 0.2) is 36.2 Å². The van der Waals surface area contributed by atoms with Crippen molar-refractivity contribution in [2.24, 2.45) is 11.1 Å². The summed E-state index contributed by atoms with van der Waals surface area (Å²) in [4.78, 5) is 34.4. The number of amides is 1. The Morgan fingerprint density at radius 3 is 2.75 bits per heavy atom. The van der Waals surface area contributed by atoms with Gasteiger partial charge >= 0.3 is 5.97 Å². The van der Waals surface area contributed by atoms with Crippen molar-refractivity contribution in [1.29, 1.82) is 0 Å². The number of hydrogen-bond donors (Lipinski definition) is 2. The summed E-state index contributed by atoms with van der Waals surface area (Å²) < 4.78 is 0. The largest absolute Gasteiger partial charge is 0.384 e. The van der Waals surface area contributed by atoms with Crippen LogP contribution in [0.1, 0.15) is 37.4 Å². The van der Waals surface area contributed by atoms with E-state index in [1.54, 1.807) is 29.5 Å². The first-order chi connectivity index (χ1) is 11.6. The summed E-state index contributed by atoms with van der Waals surface area (Å²) in [5.74, 6) is -1.50. The number of hydrogen-bond acceptors (Lipinski definition) is 6. The number of nitrogens with two attached hydrogens (primary N) is 1. The molecule has 2 atom stereocenters. The van der Waals surface area contributed by atoms with Crippen LogP contribution in [0.4, 0.5) is 0 Å². The average molecular weight is 331 g/mol. The van der Waals surface area contributed by atoms with Gasteiger partial charge in [-0.1, -0.05) is 12.1 Å². The molecule has 0 saturated carbocycles. The van der Waals surface area contributed by atoms with Crippen LogP contribution in [0.3, 0.4) is 0 Å². The van der Waals surface area contributed by atoms with Gasteiger partial charge in [0.15, 0.2) is 5.41 Å². The monoisotopic (exact) mass is 331 g/mol. The highest BCUT2D eigenvalue weighted by atomic mass is 16.7. The second-order valence-corrected chi connectivity index (χ2v) is 6.17. The van der Waals surface area contributed by atoms with Crippen molar-refractivity contribution >= 4 is 11.9 Å². The third-order valence-electron chi connectivity index (χ3n) is 4.72. The average Bonchev–Trinajstić information content (AvgIpc) is 3.24. The van der Waals surface area contributed by atoms with Gasteiger partial charge in [-0.2, -0.15) is 0 Å². The number of aliphatic hydroxyl groups is 1. The molecule has 7 nitrogen and oxygen atoms in total. The molecular weight excluding hydrogens is 310 g/mol. The summed E-state index contributed by atoms with van der Waals surface area (Å²) in [5.41, 5.74) is 4.75. The first-order valence-corrected chi connectivity index (χ1v) is 8.11. The molecule has 2 aliphatic rings. The number of primary amides is 1. The van der Waals surface area contributed by atoms with Crippen LogP contribution < -0.4 is 5.73 Å². The number of pyridine rings is 1. The van der Waals surface area contributed by atoms with E-state index in [1.165, 1.54) is 6.20 Å². The molecule has 1 fully saturated rings. The minimum atomic E-state index is -1.63. The Hall–Kier alpha value is -2.25. The number of carbonyl (C=O) groups is 2. The first kappa shape index (κ1) is 16.6. The Morgan fingerprint density at radius 1 is 1.38 bits per heavy atom. The van der Waals surface area contributed by atoms with Crippen LogP contribution in [0.2, 0.25) is 0 Å². The van der Waals surface area contributed by atoms with Crippen LogP contribution in [0, 0.1) is 5.41 Å². The van der Waals surface area contributed by atoms with E-state index in [0.29, 0.717) is 25.1 Å². The number of aromatic nitrogens is 1. The zero-order valence-electron chi connectivity index (χ0n) is 13.4. The summed E-state index contributed by atoms with van der Waals surface area (Å²) in [6.45, 7) is 1.29. The molecule has 1 saturated heterocycles. The maximum atomic E-state index is 12.8. The summed E-state index contributed by atoms with van der Waals surface area (Å²) >= 11 is 0. The molecule has 0 bridgehead atoms. The molecule has 0 spiro atoms. The molecule has 1 aromatic rings. The van der Waals surface area contributed by atoms with Gasteiger partial charge in [0.25, 0.3) is 0 Å². The van der Waals surface area contributed by atoms with Crippen molar-refractivity contribution < 1.29 is 19.5 Å². The molecule has 128 valence electrons. The van der Waals surface area contributed by atoms with Crippen molar-refractivity contribution in [3.63, 3.8) is 0 Å². The van der Waals surface area contributed by atoms with Gasteiger partial charge in [-0.15, -0.1) is 5.06 Å². The fourth-order valence-corrected chi connectivity index (χ4v) is 3.39. The molecule has 3 N–H and O–H groups in total. The number of aliphatic hydroxyl groups excluding tert-OH is 1. The predicted octanol–water partition coefficient (Wildman–Crippen LogP) is 0.861. The summed E-state index contributed by atoms with van der Waals surface area (Å²) in [6.07, 6.45) is 6.24. The standard InChI is InChI=1S/C17H21N3O4/c18-15(22)17(16(23)24-20-9-1-2-10-20)7-3-6-13(17)14(21)12-5-4-8-19-11-12/h4-6,8,11,14,21H,1-3,7,9-10H2,(H2,18,22). The highest BCUT2D eigenvalue weighted by Crippen LogP contribution is 2.46. The molecule has 0 radical (unpaired) electrons. The molecule has 1 aliphatic carbocycles. The lowest BCUT2D eigenvalue weighted by molar-refractivity contribution is -0.196. The second-order valence-electron chi connectivity index (χ2n) is 6.17. The van der Waals surface area contributed by atoms with Crippen molar-refractivity contribution in [1.82, 2.24) is 10.0 Å². The zero-order chi connectivity index (χ0) is 17.2. The zero-order valence-corrected chi connectivity index (χ0v) is 13.4. The smallest absolute Gasteiger partial charge is 0.344 e. The fraction of sp³-hybridized carbons (Fsp3) is 0.471. The molecule has 1 aromatic heterocycles. The highest BCUT2D eigenvalue weighted by molar-refractivity contribution is 6.06. The lowest BCUT2D eigenvalue weighted by Gasteiger charge is -2.31. The third-order valence-corrected chi connectivity index (χ3v) is 4.72. The van der Waals surface area contributed by atoms with E-state index in [-0.39, 0.29) is 12.0 Å². The van der Waals surface area contributed by atoms with E-state index in [9.17, 15) is 14.7 Å². The van der Waals surface area contributed by atoms with Gasteiger partial charge < -0.3 is 15.7 Å². The maximum Gasteiger partial charge on any atom is 0.344 e. The normalized spacial score (nSPS) is 25.3. The minimum Gasteiger partial charge on any atom is -0.384 e. The van der Waals surface area contributed by atoms with Gasteiger partial charge in [0.1, 0.15) is 6.10 Å². The summed E-state index contributed by atoms with van der Waals surface area (Å²) in [7, 11) is 0. The van der Waals surface area contributed by atoms with Crippen molar-refractivity contribution in [3.05, 3.63) is 41.7 Å². The number of carbonyl (C=O) groups excluding carboxylic acids is 2. The van der Waals surface area contributed by atoms with Crippen molar-refractivity contribution in [2.75, 3.05) is 13.1 Å². The van der Waals surface area contributed by atoms with Crippen LogP contribution in [-0.2, 0) is 14.4 Å². The van der Waals surface area contributed by atoms with Crippen molar-refractivity contribution in [2.45, 2.75) is 31.8 Å². The van der Waals surface area contributed by atoms with Crippen LogP contribution in [0.5, 0.6) is 0 Å². The second kappa shape index (κ2) is 6.70. The molecule has 7 heteroatoms. The van der Waals surface area contributed by atoms with Gasteiger partial charge in [0.2, 0.25) is 5.91 Å². The number of nitrogens with zero attached hydrogens (tertiary/aromatic N) is 2. The Kier molecular flexibility index (Phi) is 4.64. The van der Waals surface area contributed by atoms with E-state index in [0.717, 1.165) is 12.8 Å². The topological polar surface area (TPSA) is 106 Å². The van der Waals surface area contributed by atoms with Crippen LogP contribution in [0.25, 0.3) is 0 Å². The molecular formula is C17H21N3O4. The number of hydroxylamine groups is 2. The van der Waals surface area contributed by atoms with Crippen LogP contribution >= 0.6 is 0 Å². The SMILES string of the molecule is NC(=O)C1(C(=O)ON2CCCC2)CCC=C1C(O)c1cccnc1. The first-order valence-electron chi connectivity index (χ1n) is 8.11. The highest BCUT2D eigenvalue weighted by Gasteiger charge is 2.54. The Balaban J connectivity index is 1.89. The number of rotatable bonds is 5. The molecule has 1 amide bonds. The number of allylic oxidation sites excluding steroid dienone is 1. The Labute approximate surface area is 140 Å².